The van der Waals surface area contributed by atoms with E-state index in [0.717, 1.165) is 23.8 Å². The average Bonchev–Trinajstić information content (AvgIpc) is 2.75. The van der Waals surface area contributed by atoms with Gasteiger partial charge in [0.1, 0.15) is 6.29 Å². The highest BCUT2D eigenvalue weighted by Gasteiger charge is 2.30. The van der Waals surface area contributed by atoms with Crippen molar-refractivity contribution in [2.45, 2.75) is 38.3 Å². The number of nitrogens with two attached hydrogens (primary N) is 1. The molecule has 0 saturated carbocycles. The number of amides is 2. The molecule has 168 valence electrons. The van der Waals surface area contributed by atoms with E-state index in [2.05, 4.69) is 17.2 Å². The fraction of sp³-hybridized carbons (Fsp3) is 0.522. The van der Waals surface area contributed by atoms with Crippen LogP contribution in [-0.2, 0) is 25.6 Å². The topological polar surface area (TPSA) is 111 Å². The van der Waals surface area contributed by atoms with Crippen LogP contribution in [-0.4, -0.2) is 69.1 Å². The van der Waals surface area contributed by atoms with Gasteiger partial charge in [-0.3, -0.25) is 24.6 Å². The van der Waals surface area contributed by atoms with Crippen LogP contribution in [0, 0.1) is 11.8 Å². The monoisotopic (exact) mass is 429 g/mol. The molecule has 0 aromatic heterocycles. The number of ether oxygens (including phenoxy) is 2. The van der Waals surface area contributed by atoms with Crippen LogP contribution in [0.25, 0.3) is 0 Å². The van der Waals surface area contributed by atoms with Gasteiger partial charge in [-0.15, -0.1) is 0 Å². The van der Waals surface area contributed by atoms with E-state index in [1.54, 1.807) is 12.1 Å². The van der Waals surface area contributed by atoms with Crippen LogP contribution < -0.4 is 11.1 Å². The number of likely N-dealkylation sites (N-methyl/N-ethyl adjacent to an activating group) is 1. The van der Waals surface area contributed by atoms with Gasteiger partial charge in [-0.25, -0.2) is 0 Å². The second-order valence-electron chi connectivity index (χ2n) is 7.29. The number of carbonyl (C=O) groups is 3. The number of nitrogens with one attached hydrogen (secondary N) is 1. The van der Waals surface area contributed by atoms with Crippen LogP contribution in [0.5, 0.6) is 0 Å². The van der Waals surface area contributed by atoms with Gasteiger partial charge in [-0.05, 0) is 31.5 Å². The molecule has 1 atom stereocenters. The van der Waals surface area contributed by atoms with Crippen LogP contribution >= 0.6 is 0 Å². The minimum absolute atomic E-state index is 0.249. The first-order chi connectivity index (χ1) is 15.1. The number of imide groups is 1. The van der Waals surface area contributed by atoms with Gasteiger partial charge in [0.15, 0.2) is 0 Å². The van der Waals surface area contributed by atoms with Crippen LogP contribution in [0.15, 0.2) is 18.2 Å². The largest absolute Gasteiger partial charge is 0.379 e. The Morgan fingerprint density at radius 3 is 2.71 bits per heavy atom. The summed E-state index contributed by atoms with van der Waals surface area (Å²) in [6.45, 7) is 3.09. The van der Waals surface area contributed by atoms with Crippen molar-refractivity contribution in [2.75, 3.05) is 40.0 Å². The van der Waals surface area contributed by atoms with E-state index >= 15 is 0 Å². The summed E-state index contributed by atoms with van der Waals surface area (Å²) in [4.78, 5) is 37.0. The van der Waals surface area contributed by atoms with Crippen LogP contribution in [0.1, 0.15) is 47.2 Å². The third kappa shape index (κ3) is 8.23. The Hall–Kier alpha value is -2.57. The average molecular weight is 430 g/mol. The number of carbonyl (C=O) groups excluding carboxylic acids is 3. The molecule has 8 nitrogen and oxygen atoms in total. The van der Waals surface area contributed by atoms with Crippen molar-refractivity contribution in [3.05, 3.63) is 34.9 Å². The molecule has 0 spiro atoms. The van der Waals surface area contributed by atoms with Crippen molar-refractivity contribution in [1.82, 2.24) is 10.2 Å². The van der Waals surface area contributed by atoms with E-state index in [0.29, 0.717) is 64.3 Å². The maximum Gasteiger partial charge on any atom is 0.243 e. The molecule has 1 aromatic rings. The summed E-state index contributed by atoms with van der Waals surface area (Å²) in [6, 6.07) is 5.00. The zero-order valence-electron chi connectivity index (χ0n) is 18.0. The summed E-state index contributed by atoms with van der Waals surface area (Å²) in [5.41, 5.74) is 7.44. The number of unbranched alkanes of at least 4 members (excludes halogenated alkanes) is 1. The quantitative estimate of drug-likeness (QED) is 0.219. The Labute approximate surface area is 183 Å². The highest BCUT2D eigenvalue weighted by Crippen LogP contribution is 2.19. The molecule has 0 bridgehead atoms. The second-order valence-corrected chi connectivity index (χ2v) is 7.29. The Bertz CT molecular complexity index is 815. The Balaban J connectivity index is 1.92. The molecular weight excluding hydrogens is 398 g/mol. The van der Waals surface area contributed by atoms with E-state index < -0.39 is 6.04 Å². The zero-order valence-corrected chi connectivity index (χ0v) is 18.0. The summed E-state index contributed by atoms with van der Waals surface area (Å²) in [7, 11) is 1.81. The minimum atomic E-state index is -0.413. The van der Waals surface area contributed by atoms with Gasteiger partial charge in [0.25, 0.3) is 0 Å². The lowest BCUT2D eigenvalue weighted by molar-refractivity contribution is -0.137. The summed E-state index contributed by atoms with van der Waals surface area (Å²) in [5.74, 6) is 5.73. The van der Waals surface area contributed by atoms with Crippen molar-refractivity contribution in [3.8, 4) is 11.8 Å². The predicted octanol–water partition coefficient (Wildman–Crippen LogP) is 0.860. The van der Waals surface area contributed by atoms with Gasteiger partial charge in [0.05, 0.1) is 25.9 Å². The fourth-order valence-corrected chi connectivity index (χ4v) is 3.30. The molecule has 1 unspecified atom stereocenters. The van der Waals surface area contributed by atoms with Gasteiger partial charge < -0.3 is 15.2 Å². The molecule has 0 radical (unpaired) electrons. The maximum atomic E-state index is 12.2. The maximum absolute atomic E-state index is 12.2. The molecule has 1 fully saturated rings. The van der Waals surface area contributed by atoms with E-state index in [4.69, 9.17) is 15.2 Å². The second kappa shape index (κ2) is 13.7. The van der Waals surface area contributed by atoms with Gasteiger partial charge >= 0.3 is 0 Å². The molecule has 2 rings (SSSR count). The minimum Gasteiger partial charge on any atom is -0.379 e. The molecule has 1 aromatic carbocycles. The molecule has 1 saturated heterocycles. The van der Waals surface area contributed by atoms with Crippen LogP contribution in [0.3, 0.4) is 0 Å². The Morgan fingerprint density at radius 1 is 1.23 bits per heavy atom. The van der Waals surface area contributed by atoms with Crippen molar-refractivity contribution in [2.24, 2.45) is 5.73 Å². The van der Waals surface area contributed by atoms with Crippen molar-refractivity contribution in [1.29, 1.82) is 0 Å². The van der Waals surface area contributed by atoms with E-state index in [1.807, 2.05) is 18.0 Å². The number of rotatable bonds is 12. The van der Waals surface area contributed by atoms with Gasteiger partial charge in [0, 0.05) is 43.7 Å². The van der Waals surface area contributed by atoms with E-state index in [-0.39, 0.29) is 11.8 Å². The molecule has 8 heteroatoms. The van der Waals surface area contributed by atoms with Crippen molar-refractivity contribution < 1.29 is 23.9 Å². The number of hydrogen-bond acceptors (Lipinski definition) is 7. The molecule has 1 aliphatic rings. The molecule has 1 heterocycles. The first-order valence-corrected chi connectivity index (χ1v) is 10.5. The summed E-state index contributed by atoms with van der Waals surface area (Å²) in [6.07, 6.45) is 3.03. The highest BCUT2D eigenvalue weighted by molar-refractivity contribution is 6.00. The number of piperidine rings is 1. The first kappa shape index (κ1) is 24.7. The van der Waals surface area contributed by atoms with Crippen molar-refractivity contribution in [3.63, 3.8) is 0 Å². The summed E-state index contributed by atoms with van der Waals surface area (Å²) in [5, 5.41) is 2.37. The van der Waals surface area contributed by atoms with Gasteiger partial charge in [-0.2, -0.15) is 0 Å². The number of hydrogen-bond donors (Lipinski definition) is 2. The molecule has 1 aliphatic heterocycles. The smallest absolute Gasteiger partial charge is 0.243 e. The highest BCUT2D eigenvalue weighted by atomic mass is 16.5. The van der Waals surface area contributed by atoms with Gasteiger partial charge in [-0.1, -0.05) is 24.0 Å². The Kier molecular flexibility index (Phi) is 10.9. The SMILES string of the molecule is CN(Cc1c(C#CCCCOCCOCCN)cccc1C=O)C1CCC(=O)NC1=O. The van der Waals surface area contributed by atoms with Crippen molar-refractivity contribution >= 4 is 18.1 Å². The lowest BCUT2D eigenvalue weighted by Gasteiger charge is -2.30. The number of nitrogens with zero attached hydrogens (tertiary/aromatic N) is 1. The molecule has 2 amide bonds. The summed E-state index contributed by atoms with van der Waals surface area (Å²) < 4.78 is 10.7. The standard InChI is InChI=1S/C23H31N3O5/c1-26(21-9-10-22(28)25-23(21)29)16-20-18(7-5-8-19(20)17-27)6-3-2-4-12-30-14-15-31-13-11-24/h5,7-8,17,21H,2,4,9-16,24H2,1H3,(H,25,28,29). The number of aldehydes is 1. The molecule has 3 N–H and O–H groups in total. The van der Waals surface area contributed by atoms with E-state index in [1.165, 1.54) is 0 Å². The predicted molar refractivity (Wildman–Crippen MR) is 116 cm³/mol. The van der Waals surface area contributed by atoms with Gasteiger partial charge in [0.2, 0.25) is 11.8 Å². The molecule has 31 heavy (non-hydrogen) atoms. The normalized spacial score (nSPS) is 16.0. The van der Waals surface area contributed by atoms with E-state index in [9.17, 15) is 14.4 Å². The lowest BCUT2D eigenvalue weighted by atomic mass is 9.99. The fourth-order valence-electron chi connectivity index (χ4n) is 3.30. The first-order valence-electron chi connectivity index (χ1n) is 10.5. The Morgan fingerprint density at radius 2 is 2.00 bits per heavy atom. The molecular formula is C23H31N3O5. The zero-order chi connectivity index (χ0) is 22.5. The lowest BCUT2D eigenvalue weighted by Crippen LogP contribution is -2.51. The number of benzene rings is 1. The van der Waals surface area contributed by atoms with Crippen LogP contribution in [0.4, 0.5) is 0 Å². The molecule has 0 aliphatic carbocycles. The van der Waals surface area contributed by atoms with Crippen LogP contribution in [0.2, 0.25) is 0 Å². The third-order valence-corrected chi connectivity index (χ3v) is 4.94. The summed E-state index contributed by atoms with van der Waals surface area (Å²) >= 11 is 0. The third-order valence-electron chi connectivity index (χ3n) is 4.94.